The molecule has 8 nitrogen and oxygen atoms in total. The topological polar surface area (TPSA) is 114 Å². The molecule has 0 aliphatic heterocycles. The number of aliphatic carboxylic acids is 1. The van der Waals surface area contributed by atoms with Gasteiger partial charge < -0.3 is 25.2 Å². The molecule has 2 aliphatic carbocycles. The largest absolute Gasteiger partial charge is 0.481 e. The van der Waals surface area contributed by atoms with Crippen LogP contribution < -0.4 is 10.6 Å². The third-order valence-electron chi connectivity index (χ3n) is 6.98. The summed E-state index contributed by atoms with van der Waals surface area (Å²) in [6.07, 6.45) is 2.24. The summed E-state index contributed by atoms with van der Waals surface area (Å²) in [6, 6.07) is 15.3. The first-order valence-corrected chi connectivity index (χ1v) is 12.1. The van der Waals surface area contributed by atoms with E-state index >= 15 is 0 Å². The zero-order valence-electron chi connectivity index (χ0n) is 19.9. The maximum atomic E-state index is 12.7. The molecule has 3 atom stereocenters. The number of benzene rings is 2. The highest BCUT2D eigenvalue weighted by molar-refractivity contribution is 5.86. The van der Waals surface area contributed by atoms with E-state index in [0.29, 0.717) is 19.4 Å². The zero-order valence-corrected chi connectivity index (χ0v) is 19.9. The van der Waals surface area contributed by atoms with Gasteiger partial charge in [-0.2, -0.15) is 0 Å². The maximum Gasteiger partial charge on any atom is 0.407 e. The Kier molecular flexibility index (Phi) is 8.02. The van der Waals surface area contributed by atoms with Gasteiger partial charge in [0, 0.05) is 19.6 Å². The molecule has 2 aromatic carbocycles. The van der Waals surface area contributed by atoms with E-state index in [1.807, 2.05) is 36.4 Å². The predicted octanol–water partition coefficient (Wildman–Crippen LogP) is 3.55. The highest BCUT2D eigenvalue weighted by Gasteiger charge is 2.31. The van der Waals surface area contributed by atoms with Crippen LogP contribution in [0.5, 0.6) is 0 Å². The zero-order chi connectivity index (χ0) is 24.8. The molecule has 2 aliphatic rings. The van der Waals surface area contributed by atoms with Gasteiger partial charge in [0.1, 0.15) is 12.6 Å². The van der Waals surface area contributed by atoms with Crippen LogP contribution in [0.4, 0.5) is 4.79 Å². The lowest BCUT2D eigenvalue weighted by Crippen LogP contribution is -2.50. The van der Waals surface area contributed by atoms with Gasteiger partial charge in [-0.25, -0.2) is 4.79 Å². The van der Waals surface area contributed by atoms with Crippen LogP contribution in [-0.2, 0) is 19.1 Å². The lowest BCUT2D eigenvalue weighted by molar-refractivity contribution is -0.143. The Bertz CT molecular complexity index is 1030. The molecular formula is C27H32N2O6. The molecule has 2 unspecified atom stereocenters. The van der Waals surface area contributed by atoms with Crippen molar-refractivity contribution in [1.82, 2.24) is 10.6 Å². The van der Waals surface area contributed by atoms with E-state index in [1.165, 1.54) is 7.11 Å². The minimum absolute atomic E-state index is 0.00154. The van der Waals surface area contributed by atoms with Crippen molar-refractivity contribution in [3.63, 3.8) is 0 Å². The monoisotopic (exact) mass is 480 g/mol. The van der Waals surface area contributed by atoms with Crippen LogP contribution in [0.15, 0.2) is 48.5 Å². The fourth-order valence-corrected chi connectivity index (χ4v) is 5.20. The Morgan fingerprint density at radius 2 is 1.69 bits per heavy atom. The minimum atomic E-state index is -0.908. The lowest BCUT2D eigenvalue weighted by Gasteiger charge is -2.27. The van der Waals surface area contributed by atoms with E-state index < -0.39 is 18.1 Å². The number of carboxylic acid groups (broad SMARTS) is 1. The van der Waals surface area contributed by atoms with Crippen molar-refractivity contribution in [2.24, 2.45) is 11.8 Å². The number of alkyl carbamates (subject to hydrolysis) is 1. The number of ether oxygens (including phenoxy) is 2. The van der Waals surface area contributed by atoms with Crippen molar-refractivity contribution < 1.29 is 29.0 Å². The summed E-state index contributed by atoms with van der Waals surface area (Å²) in [5, 5.41) is 14.7. The van der Waals surface area contributed by atoms with Gasteiger partial charge in [0.25, 0.3) is 0 Å². The van der Waals surface area contributed by atoms with Gasteiger partial charge in [0.2, 0.25) is 5.91 Å². The van der Waals surface area contributed by atoms with E-state index in [4.69, 9.17) is 9.47 Å². The number of rotatable bonds is 9. The fourth-order valence-electron chi connectivity index (χ4n) is 5.20. The second kappa shape index (κ2) is 11.4. The molecule has 0 saturated heterocycles. The van der Waals surface area contributed by atoms with Crippen LogP contribution in [0.3, 0.4) is 0 Å². The van der Waals surface area contributed by atoms with Crippen LogP contribution in [0.2, 0.25) is 0 Å². The lowest BCUT2D eigenvalue weighted by atomic mass is 9.81. The molecule has 1 saturated carbocycles. The Morgan fingerprint density at radius 1 is 1.03 bits per heavy atom. The van der Waals surface area contributed by atoms with Gasteiger partial charge >= 0.3 is 12.1 Å². The first-order valence-electron chi connectivity index (χ1n) is 12.1. The van der Waals surface area contributed by atoms with E-state index in [9.17, 15) is 19.5 Å². The molecule has 0 radical (unpaired) electrons. The van der Waals surface area contributed by atoms with E-state index in [-0.39, 0.29) is 36.9 Å². The van der Waals surface area contributed by atoms with E-state index in [0.717, 1.165) is 35.1 Å². The van der Waals surface area contributed by atoms with Gasteiger partial charge in [-0.3, -0.25) is 9.59 Å². The number of carbonyl (C=O) groups is 3. The average Bonchev–Trinajstić information content (AvgIpc) is 3.19. The van der Waals surface area contributed by atoms with Crippen molar-refractivity contribution in [1.29, 1.82) is 0 Å². The molecule has 4 rings (SSSR count). The number of hydrogen-bond donors (Lipinski definition) is 3. The number of carboxylic acids is 1. The molecule has 2 aromatic rings. The van der Waals surface area contributed by atoms with Crippen LogP contribution in [0.25, 0.3) is 11.1 Å². The molecule has 2 amide bonds. The third kappa shape index (κ3) is 5.82. The molecule has 0 heterocycles. The summed E-state index contributed by atoms with van der Waals surface area (Å²) < 4.78 is 10.7. The quantitative estimate of drug-likeness (QED) is 0.506. The van der Waals surface area contributed by atoms with Gasteiger partial charge in [0.05, 0.1) is 12.5 Å². The smallest absolute Gasteiger partial charge is 0.407 e. The summed E-state index contributed by atoms with van der Waals surface area (Å²) in [5.74, 6) is -1.49. The molecule has 35 heavy (non-hydrogen) atoms. The van der Waals surface area contributed by atoms with Crippen LogP contribution in [0, 0.1) is 11.8 Å². The number of carbonyl (C=O) groups excluding carboxylic acids is 2. The number of amides is 2. The van der Waals surface area contributed by atoms with E-state index in [2.05, 4.69) is 22.8 Å². The van der Waals surface area contributed by atoms with Crippen molar-refractivity contribution >= 4 is 18.0 Å². The summed E-state index contributed by atoms with van der Waals surface area (Å²) in [4.78, 5) is 36.6. The molecule has 0 aromatic heterocycles. The summed E-state index contributed by atoms with van der Waals surface area (Å²) in [5.41, 5.74) is 4.50. The fraction of sp³-hybridized carbons (Fsp3) is 0.444. The van der Waals surface area contributed by atoms with Gasteiger partial charge in [-0.1, -0.05) is 55.0 Å². The highest BCUT2D eigenvalue weighted by atomic mass is 16.5. The Labute approximate surface area is 205 Å². The van der Waals surface area contributed by atoms with Gasteiger partial charge in [0.15, 0.2) is 0 Å². The molecule has 186 valence electrons. The maximum absolute atomic E-state index is 12.7. The minimum Gasteiger partial charge on any atom is -0.481 e. The Hall–Kier alpha value is -3.39. The summed E-state index contributed by atoms with van der Waals surface area (Å²) >= 11 is 0. The van der Waals surface area contributed by atoms with Crippen LogP contribution in [-0.4, -0.2) is 56.0 Å². The second-order valence-corrected chi connectivity index (χ2v) is 9.29. The standard InChI is InChI=1S/C27H32N2O6/c1-34-16-24(25(30)28-14-17-7-6-8-18(13-17)26(31)32)29-27(33)35-15-23-21-11-4-2-9-19(21)20-10-3-5-12-22(20)23/h2-5,9-12,17-18,23-24H,6-8,13-16H2,1H3,(H,28,30)(H,29,33)(H,31,32)/t17?,18?,24-/m0/s1. The summed E-state index contributed by atoms with van der Waals surface area (Å²) in [6.45, 7) is 0.521. The molecule has 1 fully saturated rings. The van der Waals surface area contributed by atoms with Crippen LogP contribution >= 0.6 is 0 Å². The van der Waals surface area contributed by atoms with Crippen LogP contribution in [0.1, 0.15) is 42.7 Å². The molecule has 3 N–H and O–H groups in total. The first-order chi connectivity index (χ1) is 17.0. The molecule has 0 spiro atoms. The van der Waals surface area contributed by atoms with Gasteiger partial charge in [-0.15, -0.1) is 0 Å². The SMILES string of the molecule is COC[C@H](NC(=O)OCC1c2ccccc2-c2ccccc21)C(=O)NCC1CCCC(C(=O)O)C1. The van der Waals surface area contributed by atoms with E-state index in [1.54, 1.807) is 0 Å². The number of nitrogens with one attached hydrogen (secondary N) is 2. The third-order valence-corrected chi connectivity index (χ3v) is 6.98. The number of hydrogen-bond acceptors (Lipinski definition) is 5. The van der Waals surface area contributed by atoms with Crippen molar-refractivity contribution in [2.45, 2.75) is 37.6 Å². The molecular weight excluding hydrogens is 448 g/mol. The van der Waals surface area contributed by atoms with Crippen molar-refractivity contribution in [2.75, 3.05) is 26.9 Å². The first kappa shape index (κ1) is 24.7. The summed E-state index contributed by atoms with van der Waals surface area (Å²) in [7, 11) is 1.46. The predicted molar refractivity (Wildman–Crippen MR) is 130 cm³/mol. The number of methoxy groups -OCH3 is 1. The molecule has 0 bridgehead atoms. The average molecular weight is 481 g/mol. The second-order valence-electron chi connectivity index (χ2n) is 9.29. The normalized spacial score (nSPS) is 19.8. The Balaban J connectivity index is 1.31. The van der Waals surface area contributed by atoms with Crippen molar-refractivity contribution in [3.05, 3.63) is 59.7 Å². The Morgan fingerprint density at radius 3 is 2.31 bits per heavy atom. The highest BCUT2D eigenvalue weighted by Crippen LogP contribution is 2.44. The van der Waals surface area contributed by atoms with Crippen molar-refractivity contribution in [3.8, 4) is 11.1 Å². The van der Waals surface area contributed by atoms with Gasteiger partial charge in [-0.05, 0) is 47.4 Å². The molecule has 8 heteroatoms. The number of fused-ring (bicyclic) bond motifs is 3.